The molecule has 0 spiro atoms. The van der Waals surface area contributed by atoms with Crippen molar-refractivity contribution >= 4 is 16.8 Å². The maximum atomic E-state index is 14.7. The van der Waals surface area contributed by atoms with Gasteiger partial charge in [0, 0.05) is 29.1 Å². The molecule has 2 aromatic carbocycles. The van der Waals surface area contributed by atoms with E-state index in [1.807, 2.05) is 36.4 Å². The van der Waals surface area contributed by atoms with Crippen LogP contribution in [0.4, 0.5) is 4.39 Å². The maximum Gasteiger partial charge on any atom is 0.163 e. The summed E-state index contributed by atoms with van der Waals surface area (Å²) in [6.07, 6.45) is 3.87. The number of aromatic amines is 1. The lowest BCUT2D eigenvalue weighted by atomic mass is 9.86. The molecule has 0 unspecified atom stereocenters. The van der Waals surface area contributed by atoms with E-state index in [1.165, 1.54) is 18.0 Å². The van der Waals surface area contributed by atoms with Crippen LogP contribution in [0.1, 0.15) is 48.7 Å². The lowest BCUT2D eigenvalue weighted by molar-refractivity contribution is 0.0982. The van der Waals surface area contributed by atoms with Gasteiger partial charge < -0.3 is 4.98 Å². The van der Waals surface area contributed by atoms with E-state index in [1.54, 1.807) is 12.3 Å². The van der Waals surface area contributed by atoms with Crippen molar-refractivity contribution in [3.63, 3.8) is 0 Å². The number of aryl methyl sites for hydroxylation is 1. The number of halogens is 1. The summed E-state index contributed by atoms with van der Waals surface area (Å²) in [5.41, 5.74) is 4.50. The fraction of sp³-hybridized carbons (Fsp3) is 0.240. The van der Waals surface area contributed by atoms with Gasteiger partial charge in [0.25, 0.3) is 0 Å². The highest BCUT2D eigenvalue weighted by Crippen LogP contribution is 2.27. The number of hydrogen-bond acceptors (Lipinski definition) is 3. The molecule has 0 bridgehead atoms. The van der Waals surface area contributed by atoms with Gasteiger partial charge in [0.1, 0.15) is 17.8 Å². The first-order valence-electron chi connectivity index (χ1n) is 10.0. The molecule has 0 saturated heterocycles. The molecule has 0 aliphatic rings. The Kier molecular flexibility index (Phi) is 5.20. The molecule has 0 radical (unpaired) electrons. The molecule has 4 rings (SSSR count). The molecule has 0 aliphatic carbocycles. The van der Waals surface area contributed by atoms with E-state index in [0.717, 1.165) is 5.39 Å². The van der Waals surface area contributed by atoms with Crippen molar-refractivity contribution in [2.45, 2.75) is 39.0 Å². The fourth-order valence-electron chi connectivity index (χ4n) is 3.55. The number of rotatable bonds is 5. The van der Waals surface area contributed by atoms with Gasteiger partial charge in [-0.2, -0.15) is 0 Å². The highest BCUT2D eigenvalue weighted by Gasteiger charge is 2.15. The minimum Gasteiger partial charge on any atom is -0.346 e. The van der Waals surface area contributed by atoms with Gasteiger partial charge in [-0.25, -0.2) is 14.4 Å². The molecule has 0 fully saturated rings. The maximum absolute atomic E-state index is 14.7. The minimum atomic E-state index is -0.328. The second kappa shape index (κ2) is 7.82. The second-order valence-electron chi connectivity index (χ2n) is 8.52. The van der Waals surface area contributed by atoms with E-state index in [0.29, 0.717) is 34.5 Å². The van der Waals surface area contributed by atoms with Crippen molar-refractivity contribution in [3.05, 3.63) is 83.6 Å². The van der Waals surface area contributed by atoms with Crippen LogP contribution < -0.4 is 0 Å². The number of hydrogen-bond donors (Lipinski definition) is 1. The molecule has 30 heavy (non-hydrogen) atoms. The third-order valence-electron chi connectivity index (χ3n) is 5.37. The van der Waals surface area contributed by atoms with Gasteiger partial charge in [-0.05, 0) is 35.1 Å². The van der Waals surface area contributed by atoms with Crippen LogP contribution in [0.2, 0.25) is 0 Å². The molecule has 5 heteroatoms. The zero-order valence-corrected chi connectivity index (χ0v) is 17.4. The molecule has 0 amide bonds. The molecule has 0 aliphatic heterocycles. The van der Waals surface area contributed by atoms with E-state index in [2.05, 4.69) is 35.7 Å². The molecule has 2 heterocycles. The Labute approximate surface area is 175 Å². The number of nitrogens with one attached hydrogen (secondary N) is 1. The molecular formula is C25H24FN3O. The number of carbonyl (C=O) groups excluding carboxylic acids is 1. The standard InChI is InChI=1S/C25H24FN3O/c1-25(2,3)19-9-6-17(7-10-19)22(30)11-8-16-4-5-18(14-21(16)26)23-20-12-13-27-24(20)29-15-28-23/h4-7,9-10,12-15H,8,11H2,1-3H3,(H,27,28,29). The Hall–Kier alpha value is -3.34. The summed E-state index contributed by atoms with van der Waals surface area (Å²) in [5.74, 6) is -0.311. The minimum absolute atomic E-state index is 0.0174. The van der Waals surface area contributed by atoms with Crippen molar-refractivity contribution in [1.82, 2.24) is 15.0 Å². The van der Waals surface area contributed by atoms with Crippen LogP contribution >= 0.6 is 0 Å². The summed E-state index contributed by atoms with van der Waals surface area (Å²) in [7, 11) is 0. The number of benzene rings is 2. The summed E-state index contributed by atoms with van der Waals surface area (Å²) >= 11 is 0. The average Bonchev–Trinajstić information content (AvgIpc) is 3.21. The Morgan fingerprint density at radius 1 is 1.03 bits per heavy atom. The Bertz CT molecular complexity index is 1200. The van der Waals surface area contributed by atoms with Crippen molar-refractivity contribution in [3.8, 4) is 11.3 Å². The first-order chi connectivity index (χ1) is 14.3. The molecule has 2 aromatic heterocycles. The van der Waals surface area contributed by atoms with Gasteiger partial charge >= 0.3 is 0 Å². The summed E-state index contributed by atoms with van der Waals surface area (Å²) in [6.45, 7) is 6.41. The van der Waals surface area contributed by atoms with Crippen LogP contribution in [-0.2, 0) is 11.8 Å². The first kappa shape index (κ1) is 20.0. The number of Topliss-reactive ketones (excluding diaryl/α,β-unsaturated/α-hetero) is 1. The largest absolute Gasteiger partial charge is 0.346 e. The zero-order chi connectivity index (χ0) is 21.3. The molecule has 0 saturated carbocycles. The SMILES string of the molecule is CC(C)(C)c1ccc(C(=O)CCc2ccc(-c3ncnc4[nH]ccc34)cc2F)cc1. The van der Waals surface area contributed by atoms with Crippen molar-refractivity contribution < 1.29 is 9.18 Å². The van der Waals surface area contributed by atoms with E-state index in [9.17, 15) is 9.18 Å². The number of fused-ring (bicyclic) bond motifs is 1. The summed E-state index contributed by atoms with van der Waals surface area (Å²) in [5, 5.41) is 0.846. The lowest BCUT2D eigenvalue weighted by Gasteiger charge is -2.19. The van der Waals surface area contributed by atoms with Crippen LogP contribution in [0.3, 0.4) is 0 Å². The number of ketones is 1. The lowest BCUT2D eigenvalue weighted by Crippen LogP contribution is -2.11. The third-order valence-corrected chi connectivity index (χ3v) is 5.37. The van der Waals surface area contributed by atoms with E-state index in [4.69, 9.17) is 0 Å². The van der Waals surface area contributed by atoms with Crippen LogP contribution in [0.15, 0.2) is 61.1 Å². The number of carbonyl (C=O) groups is 1. The smallest absolute Gasteiger partial charge is 0.163 e. The normalized spacial score (nSPS) is 11.7. The molecular weight excluding hydrogens is 377 g/mol. The molecule has 4 aromatic rings. The van der Waals surface area contributed by atoms with E-state index >= 15 is 0 Å². The second-order valence-corrected chi connectivity index (χ2v) is 8.52. The van der Waals surface area contributed by atoms with Gasteiger partial charge in [-0.15, -0.1) is 0 Å². The summed E-state index contributed by atoms with van der Waals surface area (Å²) < 4.78 is 14.7. The van der Waals surface area contributed by atoms with Crippen molar-refractivity contribution in [2.24, 2.45) is 0 Å². The van der Waals surface area contributed by atoms with Crippen LogP contribution in [-0.4, -0.2) is 20.7 Å². The molecule has 1 N–H and O–H groups in total. The van der Waals surface area contributed by atoms with Gasteiger partial charge in [-0.3, -0.25) is 4.79 Å². The number of nitrogens with zero attached hydrogens (tertiary/aromatic N) is 2. The first-order valence-corrected chi connectivity index (χ1v) is 10.0. The fourth-order valence-corrected chi connectivity index (χ4v) is 3.55. The summed E-state index contributed by atoms with van der Waals surface area (Å²) in [6, 6.07) is 14.6. The predicted octanol–water partition coefficient (Wildman–Crippen LogP) is 5.88. The monoisotopic (exact) mass is 401 g/mol. The van der Waals surface area contributed by atoms with Crippen LogP contribution in [0.5, 0.6) is 0 Å². The van der Waals surface area contributed by atoms with Crippen molar-refractivity contribution in [2.75, 3.05) is 0 Å². The Morgan fingerprint density at radius 3 is 2.50 bits per heavy atom. The van der Waals surface area contributed by atoms with Crippen LogP contribution in [0.25, 0.3) is 22.3 Å². The van der Waals surface area contributed by atoms with E-state index in [-0.39, 0.29) is 23.4 Å². The average molecular weight is 401 g/mol. The highest BCUT2D eigenvalue weighted by atomic mass is 19.1. The van der Waals surface area contributed by atoms with E-state index < -0.39 is 0 Å². The zero-order valence-electron chi connectivity index (χ0n) is 17.4. The number of aromatic nitrogens is 3. The molecule has 152 valence electrons. The Balaban J connectivity index is 1.48. The predicted molar refractivity (Wildman–Crippen MR) is 117 cm³/mol. The van der Waals surface area contributed by atoms with Gasteiger partial charge in [0.2, 0.25) is 0 Å². The molecule has 0 atom stereocenters. The third kappa shape index (κ3) is 4.01. The molecule has 4 nitrogen and oxygen atoms in total. The topological polar surface area (TPSA) is 58.6 Å². The quantitative estimate of drug-likeness (QED) is 0.425. The number of H-pyrrole nitrogens is 1. The highest BCUT2D eigenvalue weighted by molar-refractivity contribution is 5.96. The Morgan fingerprint density at radius 2 is 1.80 bits per heavy atom. The van der Waals surface area contributed by atoms with Crippen LogP contribution in [0, 0.1) is 5.82 Å². The van der Waals surface area contributed by atoms with Gasteiger partial charge in [-0.1, -0.05) is 57.2 Å². The van der Waals surface area contributed by atoms with Crippen molar-refractivity contribution in [1.29, 1.82) is 0 Å². The van der Waals surface area contributed by atoms with Gasteiger partial charge in [0.15, 0.2) is 5.78 Å². The van der Waals surface area contributed by atoms with Gasteiger partial charge in [0.05, 0.1) is 5.69 Å². The summed E-state index contributed by atoms with van der Waals surface area (Å²) in [4.78, 5) is 24.1.